The van der Waals surface area contributed by atoms with E-state index in [1.165, 1.54) is 24.3 Å². The molecule has 6 aromatic rings. The summed E-state index contributed by atoms with van der Waals surface area (Å²) in [4.78, 5) is 35.8. The number of ether oxygens (including phenoxy) is 3. The molecule has 0 N–H and O–H groups in total. The van der Waals surface area contributed by atoms with E-state index in [1.807, 2.05) is 119 Å². The van der Waals surface area contributed by atoms with Crippen molar-refractivity contribution in [1.29, 1.82) is 0 Å². The Bertz CT molecular complexity index is 3040. The van der Waals surface area contributed by atoms with Gasteiger partial charge in [-0.15, -0.1) is 0 Å². The van der Waals surface area contributed by atoms with Gasteiger partial charge in [-0.05, 0) is 184 Å². The molecule has 8 atom stereocenters. The molecule has 0 bridgehead atoms. The van der Waals surface area contributed by atoms with Gasteiger partial charge in [-0.3, -0.25) is 19.6 Å². The number of hydrogen-bond acceptors (Lipinski definition) is 9. The third kappa shape index (κ3) is 22.0. The van der Waals surface area contributed by atoms with Gasteiger partial charge in [-0.2, -0.15) is 0 Å². The summed E-state index contributed by atoms with van der Waals surface area (Å²) in [5.41, 5.74) is 4.16. The number of carbonyl (C=O) groups is 2. The number of carbonyl (C=O) groups excluding carboxylic acids is 2. The summed E-state index contributed by atoms with van der Waals surface area (Å²) < 4.78 is 90.2. The summed E-state index contributed by atoms with van der Waals surface area (Å²) in [5, 5.41) is 0. The summed E-state index contributed by atoms with van der Waals surface area (Å²) >= 11 is 0. The molecule has 2 saturated heterocycles. The largest absolute Gasteiger partial charge is 0.444 e. The number of likely N-dealkylation sites (tertiary alicyclic amines) is 2. The van der Waals surface area contributed by atoms with Crippen molar-refractivity contribution in [3.63, 3.8) is 0 Å². The number of benzene rings is 6. The Hall–Kier alpha value is -6.19. The number of hydrogen-bond donors (Lipinski definition) is 0. The summed E-state index contributed by atoms with van der Waals surface area (Å²) in [5.74, 6) is -2.47. The predicted octanol–water partition coefficient (Wildman–Crippen LogP) is 16.8. The van der Waals surface area contributed by atoms with Gasteiger partial charge in [0.1, 0.15) is 40.7 Å². The van der Waals surface area contributed by atoms with Crippen LogP contribution in [0.1, 0.15) is 108 Å². The van der Waals surface area contributed by atoms with Crippen LogP contribution in [-0.2, 0) is 62.1 Å². The van der Waals surface area contributed by atoms with Gasteiger partial charge < -0.3 is 23.1 Å². The van der Waals surface area contributed by atoms with Crippen molar-refractivity contribution in [2.75, 3.05) is 7.11 Å². The van der Waals surface area contributed by atoms with E-state index in [2.05, 4.69) is 105 Å². The lowest BCUT2D eigenvalue weighted by Crippen LogP contribution is -2.59. The van der Waals surface area contributed by atoms with Gasteiger partial charge >= 0.3 is 12.2 Å². The third-order valence-corrected chi connectivity index (χ3v) is 17.6. The number of methoxy groups -OCH3 is 1. The third-order valence-electron chi connectivity index (χ3n) is 15.7. The highest BCUT2D eigenvalue weighted by Crippen LogP contribution is 2.38. The summed E-state index contributed by atoms with van der Waals surface area (Å²) in [6.45, 7) is 28.3. The van der Waals surface area contributed by atoms with Gasteiger partial charge in [0.05, 0.1) is 24.3 Å². The number of rotatable bonds is 23. The van der Waals surface area contributed by atoms with E-state index in [9.17, 15) is 27.2 Å². The fourth-order valence-electron chi connectivity index (χ4n) is 12.2. The van der Waals surface area contributed by atoms with Crippen LogP contribution < -0.4 is 0 Å². The highest BCUT2D eigenvalue weighted by Gasteiger charge is 2.50. The molecular formula is C72H96F4N4O7Si2. The Labute approximate surface area is 529 Å². The van der Waals surface area contributed by atoms with Crippen molar-refractivity contribution in [3.05, 3.63) is 214 Å². The maximum atomic E-state index is 14.6. The molecule has 482 valence electrons. The Morgan fingerprint density at radius 1 is 0.472 bits per heavy atom. The van der Waals surface area contributed by atoms with Crippen molar-refractivity contribution < 1.29 is 50.2 Å². The summed E-state index contributed by atoms with van der Waals surface area (Å²) in [6.07, 6.45) is 1.20. The second kappa shape index (κ2) is 31.2. The van der Waals surface area contributed by atoms with Gasteiger partial charge in [0, 0.05) is 63.5 Å². The van der Waals surface area contributed by atoms with E-state index in [0.29, 0.717) is 63.0 Å². The molecule has 0 saturated carbocycles. The zero-order valence-corrected chi connectivity index (χ0v) is 56.9. The fraction of sp³-hybridized carbons (Fsp3) is 0.472. The average Bonchev–Trinajstić information content (AvgIpc) is 2.26. The van der Waals surface area contributed by atoms with E-state index < -0.39 is 81.7 Å². The van der Waals surface area contributed by atoms with Crippen LogP contribution in [0.25, 0.3) is 0 Å². The monoisotopic (exact) mass is 1260 g/mol. The number of amides is 2. The molecule has 0 aromatic heterocycles. The Morgan fingerprint density at radius 3 is 1.08 bits per heavy atom. The minimum absolute atomic E-state index is 0.0356. The molecule has 11 nitrogen and oxygen atoms in total. The first kappa shape index (κ1) is 70.3. The van der Waals surface area contributed by atoms with Crippen molar-refractivity contribution in [2.24, 2.45) is 0 Å². The minimum atomic E-state index is -2.26. The summed E-state index contributed by atoms with van der Waals surface area (Å²) in [7, 11) is -2.86. The Kier molecular flexibility index (Phi) is 24.7. The van der Waals surface area contributed by atoms with Gasteiger partial charge in [0.25, 0.3) is 0 Å². The van der Waals surface area contributed by atoms with Crippen LogP contribution in [0.15, 0.2) is 158 Å². The van der Waals surface area contributed by atoms with Crippen LogP contribution >= 0.6 is 0 Å². The van der Waals surface area contributed by atoms with Gasteiger partial charge in [-0.25, -0.2) is 27.2 Å². The summed E-state index contributed by atoms with van der Waals surface area (Å²) in [6, 6.07) is 46.8. The molecule has 2 fully saturated rings. The van der Waals surface area contributed by atoms with Crippen LogP contribution in [0.2, 0.25) is 39.3 Å². The molecule has 2 heterocycles. The molecular weight excluding hydrogens is 1160 g/mol. The molecule has 6 aromatic carbocycles. The minimum Gasteiger partial charge on any atom is -0.444 e. The Balaban J connectivity index is 0.000000254. The van der Waals surface area contributed by atoms with Gasteiger partial charge in [0.15, 0.2) is 16.6 Å². The highest BCUT2D eigenvalue weighted by molar-refractivity contribution is 6.70. The lowest BCUT2D eigenvalue weighted by atomic mass is 9.92. The van der Waals surface area contributed by atoms with Gasteiger partial charge in [-0.1, -0.05) is 121 Å². The number of halogens is 4. The quantitative estimate of drug-likeness (QED) is 0.0459. The standard InChI is InChI=1S/C36H48F2N2O4Si.C36H48F2N2O3Si/c1-36(2,3)43-35(41)40-31(18-19-33(40)42-4)34(44-45(5,6)7)32(22-28-20-29(37)23-30(38)21-28)39(24-26-14-10-8-11-15-26)25-27-16-12-9-13-17-27;1-26-18-19-32(40(26)35(41)42-36(2,3)4)34(43-44(5,6)7)33(22-29-20-30(37)23-31(38)21-29)39(24-27-14-10-8-11-15-27)25-28-16-12-9-13-17-28/h8-17,20-21,23,31-34H,18-19,22,24-25H2,1-7H3;8-17,20-21,23,26,32-34H,18-19,22,24-25H2,1-7H3/t31-,32+,33?,34-;26?,32-,33+,34-/m11/s1. The SMILES string of the molecule is CC1CC[C@H]([C@@H](O[Si](C)(C)C)[C@H](Cc2cc(F)cc(F)c2)N(Cc2ccccc2)Cc2ccccc2)N1C(=O)OC(C)(C)C.COC1CC[C@H]([C@@H](O[Si](C)(C)C)[C@H](Cc2cc(F)cc(F)c2)N(Cc2ccccc2)Cc2ccccc2)N1C(=O)OC(C)(C)C. The van der Waals surface area contributed by atoms with Crippen molar-refractivity contribution in [1.82, 2.24) is 19.6 Å². The molecule has 2 amide bonds. The molecule has 0 radical (unpaired) electrons. The fourth-order valence-corrected chi connectivity index (χ4v) is 14.5. The lowest BCUT2D eigenvalue weighted by molar-refractivity contribution is -0.0685. The molecule has 17 heteroatoms. The molecule has 2 aliphatic rings. The van der Waals surface area contributed by atoms with Crippen LogP contribution in [0, 0.1) is 23.3 Å². The molecule has 89 heavy (non-hydrogen) atoms. The van der Waals surface area contributed by atoms with E-state index in [4.69, 9.17) is 23.1 Å². The topological polar surface area (TPSA) is 93.3 Å². The zero-order valence-electron chi connectivity index (χ0n) is 54.9. The Morgan fingerprint density at radius 2 is 0.775 bits per heavy atom. The second-order valence-corrected chi connectivity index (χ2v) is 36.8. The van der Waals surface area contributed by atoms with E-state index in [1.54, 1.807) is 12.0 Å². The molecule has 0 spiro atoms. The van der Waals surface area contributed by atoms with E-state index in [0.717, 1.165) is 47.2 Å². The first-order chi connectivity index (χ1) is 41.9. The van der Waals surface area contributed by atoms with Crippen molar-refractivity contribution >= 4 is 28.8 Å². The maximum absolute atomic E-state index is 14.6. The zero-order chi connectivity index (χ0) is 64.8. The van der Waals surface area contributed by atoms with Crippen LogP contribution in [0.5, 0.6) is 0 Å². The molecule has 0 aliphatic carbocycles. The van der Waals surface area contributed by atoms with Crippen LogP contribution in [-0.4, -0.2) is 115 Å². The van der Waals surface area contributed by atoms with E-state index >= 15 is 0 Å². The maximum Gasteiger partial charge on any atom is 0.412 e. The molecule has 2 aliphatic heterocycles. The van der Waals surface area contributed by atoms with E-state index in [-0.39, 0.29) is 30.3 Å². The smallest absolute Gasteiger partial charge is 0.412 e. The lowest BCUT2D eigenvalue weighted by Gasteiger charge is -2.45. The first-order valence-electron chi connectivity index (χ1n) is 31.4. The first-order valence-corrected chi connectivity index (χ1v) is 38.2. The van der Waals surface area contributed by atoms with Crippen molar-refractivity contribution in [2.45, 2.75) is 212 Å². The normalized spacial score (nSPS) is 18.7. The van der Waals surface area contributed by atoms with Crippen LogP contribution in [0.3, 0.4) is 0 Å². The predicted molar refractivity (Wildman–Crippen MR) is 351 cm³/mol. The molecule has 8 rings (SSSR count). The highest BCUT2D eigenvalue weighted by atomic mass is 28.4. The second-order valence-electron chi connectivity index (χ2n) is 27.8. The molecule has 2 unspecified atom stereocenters. The number of nitrogens with zero attached hydrogens (tertiary/aromatic N) is 4. The average molecular weight is 1260 g/mol. The van der Waals surface area contributed by atoms with Crippen molar-refractivity contribution in [3.8, 4) is 0 Å². The van der Waals surface area contributed by atoms with Crippen LogP contribution in [0.4, 0.5) is 27.2 Å². The van der Waals surface area contributed by atoms with Gasteiger partial charge in [0.2, 0.25) is 0 Å².